The Bertz CT molecular complexity index is 396. The summed E-state index contributed by atoms with van der Waals surface area (Å²) in [6.45, 7) is 3.63. The highest BCUT2D eigenvalue weighted by atomic mass is 79.9. The van der Waals surface area contributed by atoms with Gasteiger partial charge in [-0.15, -0.1) is 0 Å². The maximum absolute atomic E-state index is 11.1. The summed E-state index contributed by atoms with van der Waals surface area (Å²) in [5.74, 6) is 0. The van der Waals surface area contributed by atoms with Crippen LogP contribution in [-0.2, 0) is 8.27 Å². The molecule has 0 N–H and O–H groups in total. The monoisotopic (exact) mass is 248 g/mol. The fourth-order valence-corrected chi connectivity index (χ4v) is 2.80. The normalized spacial score (nSPS) is 11.6. The third-order valence-electron chi connectivity index (χ3n) is 1.61. The largest absolute Gasteiger partial charge is 0.237 e. The molecule has 1 aromatic rings. The van der Waals surface area contributed by atoms with Crippen molar-refractivity contribution in [1.29, 1.82) is 0 Å². The van der Waals surface area contributed by atoms with Crippen LogP contribution >= 0.6 is 14.8 Å². The van der Waals surface area contributed by atoms with Crippen molar-refractivity contribution in [3.05, 3.63) is 29.3 Å². The van der Waals surface area contributed by atoms with Gasteiger partial charge in [-0.1, -0.05) is 12.1 Å². The van der Waals surface area contributed by atoms with Gasteiger partial charge in [-0.25, -0.2) is 8.42 Å². The summed E-state index contributed by atoms with van der Waals surface area (Å²) in [5, 5.41) is 0. The van der Waals surface area contributed by atoms with Crippen molar-refractivity contribution in [2.45, 2.75) is 18.7 Å². The molecule has 0 amide bonds. The van der Waals surface area contributed by atoms with Crippen LogP contribution in [0.5, 0.6) is 0 Å². The van der Waals surface area contributed by atoms with E-state index in [1.165, 1.54) is 0 Å². The molecule has 1 aromatic carbocycles. The topological polar surface area (TPSA) is 34.1 Å². The van der Waals surface area contributed by atoms with Gasteiger partial charge in [0.05, 0.1) is 19.7 Å². The first-order chi connectivity index (χ1) is 5.41. The van der Waals surface area contributed by atoms with Crippen LogP contribution in [0.2, 0.25) is 0 Å². The van der Waals surface area contributed by atoms with Crippen LogP contribution in [0.1, 0.15) is 11.1 Å². The van der Waals surface area contributed by atoms with E-state index >= 15 is 0 Å². The molecule has 0 radical (unpaired) electrons. The zero-order chi connectivity index (χ0) is 9.35. The molecule has 0 bridgehead atoms. The van der Waals surface area contributed by atoms with Crippen LogP contribution in [0, 0.1) is 13.8 Å². The predicted octanol–water partition coefficient (Wildman–Crippen LogP) is 2.39. The summed E-state index contributed by atoms with van der Waals surface area (Å²) < 4.78 is 22.2. The Morgan fingerprint density at radius 2 is 1.83 bits per heavy atom. The molecule has 2 nitrogen and oxygen atoms in total. The lowest BCUT2D eigenvalue weighted by atomic mass is 10.2. The standard InChI is InChI=1S/C8H9BrO2S/c1-6-3-4-7(2)8(5-6)12(9,10)11/h3-5H,1-2H3. The molecule has 0 atom stereocenters. The van der Waals surface area contributed by atoms with Crippen molar-refractivity contribution >= 4 is 23.1 Å². The molecule has 0 heterocycles. The summed E-state index contributed by atoms with van der Waals surface area (Å²) in [5.41, 5.74) is 1.70. The molecule has 0 saturated heterocycles. The summed E-state index contributed by atoms with van der Waals surface area (Å²) in [6, 6.07) is 5.33. The summed E-state index contributed by atoms with van der Waals surface area (Å²) in [4.78, 5) is 0.350. The van der Waals surface area contributed by atoms with Crippen molar-refractivity contribution in [2.24, 2.45) is 0 Å². The van der Waals surface area contributed by atoms with E-state index in [2.05, 4.69) is 14.8 Å². The SMILES string of the molecule is Cc1ccc(C)c(S(=O)(=O)Br)c1. The molecule has 0 fully saturated rings. The van der Waals surface area contributed by atoms with Crippen molar-refractivity contribution in [1.82, 2.24) is 0 Å². The quantitative estimate of drug-likeness (QED) is 0.716. The first kappa shape index (κ1) is 9.74. The molecule has 66 valence electrons. The number of aryl methyl sites for hydroxylation is 2. The average molecular weight is 249 g/mol. The van der Waals surface area contributed by atoms with Gasteiger partial charge < -0.3 is 0 Å². The molecule has 0 spiro atoms. The molecule has 0 aliphatic rings. The smallest absolute Gasteiger partial charge is 0.212 e. The van der Waals surface area contributed by atoms with Crippen LogP contribution in [0.4, 0.5) is 0 Å². The Morgan fingerprint density at radius 1 is 1.25 bits per heavy atom. The van der Waals surface area contributed by atoms with Crippen molar-refractivity contribution in [3.8, 4) is 0 Å². The first-order valence-corrected chi connectivity index (χ1v) is 6.76. The average Bonchev–Trinajstić information content (AvgIpc) is 1.92. The second-order valence-corrected chi connectivity index (χ2v) is 6.58. The Labute approximate surface area is 79.7 Å². The van der Waals surface area contributed by atoms with Gasteiger partial charge >= 0.3 is 0 Å². The van der Waals surface area contributed by atoms with Gasteiger partial charge in [-0.05, 0) is 31.0 Å². The Morgan fingerprint density at radius 3 is 2.25 bits per heavy atom. The highest BCUT2D eigenvalue weighted by molar-refractivity contribution is 9.47. The van der Waals surface area contributed by atoms with Crippen molar-refractivity contribution in [2.75, 3.05) is 0 Å². The lowest BCUT2D eigenvalue weighted by molar-refractivity contribution is 0.611. The van der Waals surface area contributed by atoms with Crippen LogP contribution in [0.15, 0.2) is 23.1 Å². The molecule has 0 aromatic heterocycles. The summed E-state index contributed by atoms with van der Waals surface area (Å²) >= 11 is 2.64. The molecule has 0 unspecified atom stereocenters. The highest BCUT2D eigenvalue weighted by Gasteiger charge is 2.11. The van der Waals surface area contributed by atoms with Crippen molar-refractivity contribution < 1.29 is 8.42 Å². The minimum Gasteiger partial charge on any atom is -0.212 e. The zero-order valence-electron chi connectivity index (χ0n) is 6.83. The Hall–Kier alpha value is -0.350. The van der Waals surface area contributed by atoms with Crippen LogP contribution in [-0.4, -0.2) is 8.42 Å². The van der Waals surface area contributed by atoms with E-state index in [0.717, 1.165) is 11.1 Å². The predicted molar refractivity (Wildman–Crippen MR) is 52.0 cm³/mol. The maximum atomic E-state index is 11.1. The molecular weight excluding hydrogens is 240 g/mol. The number of halogens is 1. The van der Waals surface area contributed by atoms with Crippen LogP contribution in [0.25, 0.3) is 0 Å². The number of rotatable bonds is 1. The van der Waals surface area contributed by atoms with E-state index in [1.807, 2.05) is 13.0 Å². The second kappa shape index (κ2) is 3.18. The number of benzene rings is 1. The van der Waals surface area contributed by atoms with E-state index in [1.54, 1.807) is 19.1 Å². The van der Waals surface area contributed by atoms with E-state index in [-0.39, 0.29) is 0 Å². The van der Waals surface area contributed by atoms with Crippen LogP contribution in [0.3, 0.4) is 0 Å². The fraction of sp³-hybridized carbons (Fsp3) is 0.250. The zero-order valence-corrected chi connectivity index (χ0v) is 9.24. The maximum Gasteiger partial charge on any atom is 0.237 e. The van der Waals surface area contributed by atoms with Gasteiger partial charge in [0.1, 0.15) is 0 Å². The molecule has 1 rings (SSSR count). The fourth-order valence-electron chi connectivity index (χ4n) is 0.970. The molecule has 0 saturated carbocycles. The first-order valence-electron chi connectivity index (χ1n) is 3.43. The number of hydrogen-bond acceptors (Lipinski definition) is 2. The third kappa shape index (κ3) is 2.08. The van der Waals surface area contributed by atoms with Crippen LogP contribution < -0.4 is 0 Å². The molecule has 4 heteroatoms. The Balaban J connectivity index is 3.43. The van der Waals surface area contributed by atoms with Gasteiger partial charge in [0.25, 0.3) is 0 Å². The molecule has 12 heavy (non-hydrogen) atoms. The summed E-state index contributed by atoms with van der Waals surface area (Å²) in [6.07, 6.45) is 0. The van der Waals surface area contributed by atoms with E-state index in [4.69, 9.17) is 0 Å². The third-order valence-corrected chi connectivity index (χ3v) is 3.62. The molecule has 0 aliphatic carbocycles. The molecular formula is C8H9BrO2S. The minimum atomic E-state index is -3.24. The van der Waals surface area contributed by atoms with Gasteiger partial charge in [-0.3, -0.25) is 0 Å². The second-order valence-electron chi connectivity index (χ2n) is 2.71. The summed E-state index contributed by atoms with van der Waals surface area (Å²) in [7, 11) is -3.24. The van der Waals surface area contributed by atoms with Crippen molar-refractivity contribution in [3.63, 3.8) is 0 Å². The Kier molecular flexibility index (Phi) is 2.58. The van der Waals surface area contributed by atoms with Gasteiger partial charge in [0.15, 0.2) is 0 Å². The van der Waals surface area contributed by atoms with Gasteiger partial charge in [0, 0.05) is 0 Å². The minimum absolute atomic E-state index is 0.350. The lowest BCUT2D eigenvalue weighted by Gasteiger charge is -2.02. The van der Waals surface area contributed by atoms with Gasteiger partial charge in [0.2, 0.25) is 8.27 Å². The lowest BCUT2D eigenvalue weighted by Crippen LogP contribution is -1.94. The van der Waals surface area contributed by atoms with E-state index in [0.29, 0.717) is 4.90 Å². The molecule has 0 aliphatic heterocycles. The van der Waals surface area contributed by atoms with Gasteiger partial charge in [-0.2, -0.15) is 0 Å². The number of hydrogen-bond donors (Lipinski definition) is 0. The van der Waals surface area contributed by atoms with E-state index in [9.17, 15) is 8.42 Å². The highest BCUT2D eigenvalue weighted by Crippen LogP contribution is 2.21. The van der Waals surface area contributed by atoms with E-state index < -0.39 is 8.27 Å².